The van der Waals surface area contributed by atoms with Gasteiger partial charge < -0.3 is 10.2 Å². The first-order valence-corrected chi connectivity index (χ1v) is 8.59. The first-order chi connectivity index (χ1) is 9.92. The highest BCUT2D eigenvalue weighted by molar-refractivity contribution is 6.33. The van der Waals surface area contributed by atoms with Crippen molar-refractivity contribution in [2.24, 2.45) is 0 Å². The second-order valence-electron chi connectivity index (χ2n) is 7.13. The zero-order valence-electron chi connectivity index (χ0n) is 13.9. The lowest BCUT2D eigenvalue weighted by Gasteiger charge is -2.29. The lowest BCUT2D eigenvalue weighted by molar-refractivity contribution is 0.424. The molecule has 118 valence electrons. The average molecular weight is 309 g/mol. The maximum Gasteiger partial charge on any atom is 0.0643 e. The number of para-hydroxylation sites is 1. The van der Waals surface area contributed by atoms with Gasteiger partial charge in [0.15, 0.2) is 0 Å². The summed E-state index contributed by atoms with van der Waals surface area (Å²) in [6.07, 6.45) is 5.07. The first kappa shape index (κ1) is 16.6. The highest BCUT2D eigenvalue weighted by Gasteiger charge is 2.31. The van der Waals surface area contributed by atoms with E-state index in [1.807, 2.05) is 6.07 Å². The van der Waals surface area contributed by atoms with Gasteiger partial charge in [-0.05, 0) is 51.7 Å². The molecule has 0 spiro atoms. The van der Waals surface area contributed by atoms with Gasteiger partial charge in [-0.15, -0.1) is 0 Å². The van der Waals surface area contributed by atoms with Gasteiger partial charge in [-0.1, -0.05) is 37.1 Å². The van der Waals surface area contributed by atoms with Crippen molar-refractivity contribution in [2.45, 2.75) is 71.5 Å². The van der Waals surface area contributed by atoms with Crippen LogP contribution in [0.2, 0.25) is 5.02 Å². The van der Waals surface area contributed by atoms with E-state index < -0.39 is 0 Å². The normalized spacial score (nSPS) is 15.3. The predicted octanol–water partition coefficient (Wildman–Crippen LogP) is 5.00. The fourth-order valence-electron chi connectivity index (χ4n) is 2.58. The van der Waals surface area contributed by atoms with Crippen LogP contribution in [-0.4, -0.2) is 18.1 Å². The molecule has 0 atom stereocenters. The molecule has 3 heteroatoms. The second-order valence-corrected chi connectivity index (χ2v) is 7.54. The highest BCUT2D eigenvalue weighted by atomic mass is 35.5. The summed E-state index contributed by atoms with van der Waals surface area (Å²) in [5.74, 6) is 0. The van der Waals surface area contributed by atoms with Crippen LogP contribution < -0.4 is 10.2 Å². The van der Waals surface area contributed by atoms with Crippen LogP contribution in [0, 0.1) is 0 Å². The molecule has 0 unspecified atom stereocenters. The van der Waals surface area contributed by atoms with Gasteiger partial charge in [-0.2, -0.15) is 0 Å². The lowest BCUT2D eigenvalue weighted by atomic mass is 10.1. The maximum absolute atomic E-state index is 6.56. The third kappa shape index (κ3) is 4.89. The number of benzene rings is 1. The van der Waals surface area contributed by atoms with E-state index >= 15 is 0 Å². The van der Waals surface area contributed by atoms with E-state index in [-0.39, 0.29) is 5.54 Å². The molecular weight excluding hydrogens is 280 g/mol. The summed E-state index contributed by atoms with van der Waals surface area (Å²) in [5.41, 5.74) is 2.69. The fraction of sp³-hybridized carbons (Fsp3) is 0.667. The van der Waals surface area contributed by atoms with Crippen molar-refractivity contribution in [1.82, 2.24) is 5.32 Å². The molecule has 0 bridgehead atoms. The Morgan fingerprint density at radius 1 is 1.29 bits per heavy atom. The molecule has 0 aliphatic heterocycles. The van der Waals surface area contributed by atoms with Crippen LogP contribution in [0.1, 0.15) is 58.9 Å². The summed E-state index contributed by atoms with van der Waals surface area (Å²) in [7, 11) is 0. The summed E-state index contributed by atoms with van der Waals surface area (Å²) >= 11 is 6.56. The van der Waals surface area contributed by atoms with Crippen LogP contribution in [0.15, 0.2) is 18.2 Å². The van der Waals surface area contributed by atoms with Gasteiger partial charge >= 0.3 is 0 Å². The molecule has 1 aliphatic rings. The van der Waals surface area contributed by atoms with Gasteiger partial charge in [0.1, 0.15) is 0 Å². The minimum atomic E-state index is 0.118. The molecule has 0 heterocycles. The number of hydrogen-bond donors (Lipinski definition) is 1. The fourth-order valence-corrected chi connectivity index (χ4v) is 2.88. The van der Waals surface area contributed by atoms with Crippen LogP contribution in [0.4, 0.5) is 5.69 Å². The SMILES string of the molecule is CCCCN(c1c(Cl)cccc1CNC(C)(C)C)C1CC1. The molecule has 1 aromatic rings. The second kappa shape index (κ2) is 7.02. The van der Waals surface area contributed by atoms with E-state index in [4.69, 9.17) is 11.6 Å². The number of nitrogens with one attached hydrogen (secondary N) is 1. The van der Waals surface area contributed by atoms with Gasteiger partial charge in [0.25, 0.3) is 0 Å². The van der Waals surface area contributed by atoms with E-state index in [1.54, 1.807) is 0 Å². The Morgan fingerprint density at radius 3 is 2.57 bits per heavy atom. The number of halogens is 1. The molecule has 1 saturated carbocycles. The number of hydrogen-bond acceptors (Lipinski definition) is 2. The van der Waals surface area contributed by atoms with Crippen molar-refractivity contribution in [3.8, 4) is 0 Å². The minimum Gasteiger partial charge on any atom is -0.367 e. The standard InChI is InChI=1S/C18H29ClN2/c1-5-6-12-21(15-10-11-15)17-14(8-7-9-16(17)19)13-20-18(2,3)4/h7-9,15,20H,5-6,10-13H2,1-4H3. The van der Waals surface area contributed by atoms with Gasteiger partial charge in [-0.3, -0.25) is 0 Å². The third-order valence-corrected chi connectivity index (χ3v) is 4.21. The summed E-state index contributed by atoms with van der Waals surface area (Å²) in [6, 6.07) is 7.00. The largest absolute Gasteiger partial charge is 0.367 e. The molecule has 0 radical (unpaired) electrons. The number of nitrogens with zero attached hydrogens (tertiary/aromatic N) is 1. The Balaban J connectivity index is 2.22. The predicted molar refractivity (Wildman–Crippen MR) is 93.3 cm³/mol. The van der Waals surface area contributed by atoms with Gasteiger partial charge in [0, 0.05) is 24.7 Å². The van der Waals surface area contributed by atoms with Crippen molar-refractivity contribution in [2.75, 3.05) is 11.4 Å². The Hall–Kier alpha value is -0.730. The van der Waals surface area contributed by atoms with Crippen molar-refractivity contribution < 1.29 is 0 Å². The molecular formula is C18H29ClN2. The lowest BCUT2D eigenvalue weighted by Crippen LogP contribution is -2.36. The van der Waals surface area contributed by atoms with Crippen molar-refractivity contribution >= 4 is 17.3 Å². The van der Waals surface area contributed by atoms with Gasteiger partial charge in [0.05, 0.1) is 10.7 Å². The Bertz CT molecular complexity index is 461. The molecule has 1 N–H and O–H groups in total. The van der Waals surface area contributed by atoms with Gasteiger partial charge in [0.2, 0.25) is 0 Å². The van der Waals surface area contributed by atoms with Crippen molar-refractivity contribution in [3.05, 3.63) is 28.8 Å². The topological polar surface area (TPSA) is 15.3 Å². The van der Waals surface area contributed by atoms with E-state index in [9.17, 15) is 0 Å². The molecule has 21 heavy (non-hydrogen) atoms. The van der Waals surface area contributed by atoms with E-state index in [1.165, 1.54) is 36.9 Å². The summed E-state index contributed by atoms with van der Waals surface area (Å²) in [4.78, 5) is 2.55. The number of anilines is 1. The average Bonchev–Trinajstić information content (AvgIpc) is 3.22. The molecule has 0 saturated heterocycles. The van der Waals surface area contributed by atoms with E-state index in [2.05, 4.69) is 50.0 Å². The molecule has 2 nitrogen and oxygen atoms in total. The molecule has 1 aromatic carbocycles. The van der Waals surface area contributed by atoms with E-state index in [0.29, 0.717) is 6.04 Å². The van der Waals surface area contributed by atoms with Crippen molar-refractivity contribution in [3.63, 3.8) is 0 Å². The Labute approximate surface area is 134 Å². The minimum absolute atomic E-state index is 0.118. The number of rotatable bonds is 7. The molecule has 1 fully saturated rings. The third-order valence-electron chi connectivity index (χ3n) is 3.91. The zero-order valence-corrected chi connectivity index (χ0v) is 14.6. The van der Waals surface area contributed by atoms with Gasteiger partial charge in [-0.25, -0.2) is 0 Å². The van der Waals surface area contributed by atoms with Crippen LogP contribution in [0.5, 0.6) is 0 Å². The monoisotopic (exact) mass is 308 g/mol. The first-order valence-electron chi connectivity index (χ1n) is 8.21. The summed E-state index contributed by atoms with van der Waals surface area (Å²) in [5, 5.41) is 4.49. The van der Waals surface area contributed by atoms with Crippen LogP contribution >= 0.6 is 11.6 Å². The number of unbranched alkanes of at least 4 members (excludes halogenated alkanes) is 1. The quantitative estimate of drug-likeness (QED) is 0.762. The van der Waals surface area contributed by atoms with E-state index in [0.717, 1.165) is 18.1 Å². The smallest absolute Gasteiger partial charge is 0.0643 e. The van der Waals surface area contributed by atoms with Crippen LogP contribution in [0.3, 0.4) is 0 Å². The Morgan fingerprint density at radius 2 is 2.00 bits per heavy atom. The Kier molecular flexibility index (Phi) is 5.56. The zero-order chi connectivity index (χ0) is 15.5. The molecule has 0 amide bonds. The van der Waals surface area contributed by atoms with Crippen LogP contribution in [-0.2, 0) is 6.54 Å². The highest BCUT2D eigenvalue weighted by Crippen LogP contribution is 2.38. The molecule has 2 rings (SSSR count). The molecule has 1 aliphatic carbocycles. The van der Waals surface area contributed by atoms with Crippen LogP contribution in [0.25, 0.3) is 0 Å². The molecule has 0 aromatic heterocycles. The van der Waals surface area contributed by atoms with Crippen molar-refractivity contribution in [1.29, 1.82) is 0 Å². The summed E-state index contributed by atoms with van der Waals surface area (Å²) in [6.45, 7) is 10.8. The maximum atomic E-state index is 6.56. The summed E-state index contributed by atoms with van der Waals surface area (Å²) < 4.78 is 0.